The molecule has 0 bridgehead atoms. The Morgan fingerprint density at radius 1 is 1.42 bits per heavy atom. The molecule has 0 saturated carbocycles. The normalized spacial score (nSPS) is 22.4. The maximum absolute atomic E-state index is 12.2. The topological polar surface area (TPSA) is 63.7 Å². The van der Waals surface area contributed by atoms with Crippen molar-refractivity contribution in [1.29, 1.82) is 0 Å². The summed E-state index contributed by atoms with van der Waals surface area (Å²) in [7, 11) is -3.15. The number of rotatable bonds is 6. The summed E-state index contributed by atoms with van der Waals surface area (Å²) in [6.45, 7) is 6.93. The summed E-state index contributed by atoms with van der Waals surface area (Å²) in [6, 6.07) is 0. The monoisotopic (exact) mass is 291 g/mol. The summed E-state index contributed by atoms with van der Waals surface area (Å²) < 4.78 is 30.0. The van der Waals surface area contributed by atoms with Crippen LogP contribution in [-0.4, -0.2) is 50.1 Å². The van der Waals surface area contributed by atoms with E-state index in [1.807, 2.05) is 6.92 Å². The van der Waals surface area contributed by atoms with E-state index in [1.54, 1.807) is 13.8 Å². The van der Waals surface area contributed by atoms with Gasteiger partial charge in [0.25, 0.3) is 0 Å². The first kappa shape index (κ1) is 16.6. The van der Waals surface area contributed by atoms with E-state index in [1.165, 1.54) is 10.6 Å². The van der Waals surface area contributed by atoms with Crippen LogP contribution in [0.4, 0.5) is 0 Å². The van der Waals surface area contributed by atoms with Crippen LogP contribution in [-0.2, 0) is 19.6 Å². The molecule has 0 aromatic heterocycles. The number of ketones is 1. The fourth-order valence-electron chi connectivity index (χ4n) is 2.44. The van der Waals surface area contributed by atoms with Crippen molar-refractivity contribution in [2.45, 2.75) is 45.6 Å². The zero-order valence-corrected chi connectivity index (χ0v) is 13.1. The molecule has 1 saturated heterocycles. The molecule has 1 heterocycles. The highest BCUT2D eigenvalue weighted by Crippen LogP contribution is 2.25. The van der Waals surface area contributed by atoms with Crippen LogP contribution in [0.25, 0.3) is 0 Å². The Balaban J connectivity index is 2.60. The average Bonchev–Trinajstić information content (AvgIpc) is 2.28. The van der Waals surface area contributed by atoms with E-state index in [0.717, 1.165) is 12.8 Å². The van der Waals surface area contributed by atoms with Crippen molar-refractivity contribution in [3.8, 4) is 0 Å². The zero-order chi connectivity index (χ0) is 14.7. The molecule has 1 fully saturated rings. The van der Waals surface area contributed by atoms with Gasteiger partial charge in [-0.3, -0.25) is 4.79 Å². The highest BCUT2D eigenvalue weighted by atomic mass is 32.2. The van der Waals surface area contributed by atoms with Gasteiger partial charge in [0, 0.05) is 26.1 Å². The molecule has 0 aliphatic carbocycles. The van der Waals surface area contributed by atoms with Gasteiger partial charge in [0.1, 0.15) is 5.60 Å². The maximum Gasteiger partial charge on any atom is 0.211 e. The van der Waals surface area contributed by atoms with Gasteiger partial charge in [-0.15, -0.1) is 0 Å². The van der Waals surface area contributed by atoms with Gasteiger partial charge in [-0.1, -0.05) is 0 Å². The van der Waals surface area contributed by atoms with Gasteiger partial charge in [-0.25, -0.2) is 12.7 Å². The Labute approximate surface area is 116 Å². The van der Waals surface area contributed by atoms with Crippen LogP contribution in [0.5, 0.6) is 0 Å². The predicted octanol–water partition coefficient (Wildman–Crippen LogP) is 1.43. The summed E-state index contributed by atoms with van der Waals surface area (Å²) in [5, 5.41) is 0. The van der Waals surface area contributed by atoms with E-state index in [-0.39, 0.29) is 11.7 Å². The number of nitrogens with zero attached hydrogens (tertiary/aromatic N) is 1. The van der Waals surface area contributed by atoms with Crippen molar-refractivity contribution in [3.05, 3.63) is 0 Å². The smallest absolute Gasteiger partial charge is 0.211 e. The number of hydrogen-bond donors (Lipinski definition) is 0. The second-order valence-corrected chi connectivity index (χ2v) is 7.68. The molecule has 1 rings (SSSR count). The molecule has 0 spiro atoms. The van der Waals surface area contributed by atoms with Crippen LogP contribution < -0.4 is 0 Å². The van der Waals surface area contributed by atoms with E-state index >= 15 is 0 Å². The quantitative estimate of drug-likeness (QED) is 0.742. The molecule has 19 heavy (non-hydrogen) atoms. The molecule has 1 aliphatic rings. The second-order valence-electron chi connectivity index (χ2n) is 5.70. The van der Waals surface area contributed by atoms with Gasteiger partial charge in [0.2, 0.25) is 10.0 Å². The van der Waals surface area contributed by atoms with Crippen molar-refractivity contribution in [2.24, 2.45) is 5.92 Å². The first-order valence-corrected chi connectivity index (χ1v) is 8.64. The number of piperidine rings is 1. The standard InChI is InChI=1S/C13H25NO4S/c1-5-18-13(2,3)12(15)9-11-7-6-8-14(10-11)19(4,16)17/h11H,5-10H2,1-4H3. The highest BCUT2D eigenvalue weighted by molar-refractivity contribution is 7.88. The Morgan fingerprint density at radius 2 is 2.05 bits per heavy atom. The molecular weight excluding hydrogens is 266 g/mol. The minimum Gasteiger partial charge on any atom is -0.368 e. The Morgan fingerprint density at radius 3 is 2.58 bits per heavy atom. The fraction of sp³-hybridized carbons (Fsp3) is 0.923. The molecule has 112 valence electrons. The van der Waals surface area contributed by atoms with E-state index in [2.05, 4.69) is 0 Å². The van der Waals surface area contributed by atoms with Crippen LogP contribution in [0.1, 0.15) is 40.0 Å². The summed E-state index contributed by atoms with van der Waals surface area (Å²) in [4.78, 5) is 12.2. The van der Waals surface area contributed by atoms with E-state index in [4.69, 9.17) is 4.74 Å². The van der Waals surface area contributed by atoms with Crippen molar-refractivity contribution >= 4 is 15.8 Å². The van der Waals surface area contributed by atoms with Gasteiger partial charge < -0.3 is 4.74 Å². The number of sulfonamides is 1. The lowest BCUT2D eigenvalue weighted by Gasteiger charge is -2.32. The van der Waals surface area contributed by atoms with Gasteiger partial charge in [-0.2, -0.15) is 0 Å². The lowest BCUT2D eigenvalue weighted by atomic mass is 9.89. The molecule has 6 heteroatoms. The number of carbonyl (C=O) groups is 1. The molecule has 0 aromatic carbocycles. The van der Waals surface area contributed by atoms with Crippen molar-refractivity contribution < 1.29 is 17.9 Å². The lowest BCUT2D eigenvalue weighted by Crippen LogP contribution is -2.42. The van der Waals surface area contributed by atoms with E-state index in [9.17, 15) is 13.2 Å². The largest absolute Gasteiger partial charge is 0.368 e. The predicted molar refractivity (Wildman–Crippen MR) is 74.5 cm³/mol. The third kappa shape index (κ3) is 4.85. The second kappa shape index (κ2) is 6.33. The zero-order valence-electron chi connectivity index (χ0n) is 12.3. The van der Waals surface area contributed by atoms with Gasteiger partial charge >= 0.3 is 0 Å². The Bertz CT molecular complexity index is 416. The molecule has 1 aliphatic heterocycles. The average molecular weight is 291 g/mol. The van der Waals surface area contributed by atoms with Crippen LogP contribution in [0.3, 0.4) is 0 Å². The molecular formula is C13H25NO4S. The Hall–Kier alpha value is -0.460. The third-order valence-electron chi connectivity index (χ3n) is 3.60. The molecule has 5 nitrogen and oxygen atoms in total. The SMILES string of the molecule is CCOC(C)(C)C(=O)CC1CCCN(S(C)(=O)=O)C1. The number of hydrogen-bond acceptors (Lipinski definition) is 4. The van der Waals surface area contributed by atoms with Gasteiger partial charge in [0.05, 0.1) is 6.26 Å². The molecule has 1 atom stereocenters. The molecule has 0 radical (unpaired) electrons. The van der Waals surface area contributed by atoms with Crippen molar-refractivity contribution in [1.82, 2.24) is 4.31 Å². The lowest BCUT2D eigenvalue weighted by molar-refractivity contribution is -0.141. The molecule has 0 N–H and O–H groups in total. The van der Waals surface area contributed by atoms with E-state index < -0.39 is 15.6 Å². The Kier molecular flexibility index (Phi) is 5.53. The minimum absolute atomic E-state index is 0.0506. The van der Waals surface area contributed by atoms with Crippen LogP contribution >= 0.6 is 0 Å². The number of carbonyl (C=O) groups excluding carboxylic acids is 1. The number of Topliss-reactive ketones (excluding diaryl/α,β-unsaturated/α-hetero) is 1. The maximum atomic E-state index is 12.2. The van der Waals surface area contributed by atoms with Crippen LogP contribution in [0.15, 0.2) is 0 Å². The molecule has 0 aromatic rings. The number of ether oxygens (including phenoxy) is 1. The first-order valence-electron chi connectivity index (χ1n) is 6.79. The highest BCUT2D eigenvalue weighted by Gasteiger charge is 2.33. The van der Waals surface area contributed by atoms with Crippen LogP contribution in [0, 0.1) is 5.92 Å². The molecule has 0 amide bonds. The van der Waals surface area contributed by atoms with Crippen LogP contribution in [0.2, 0.25) is 0 Å². The minimum atomic E-state index is -3.15. The van der Waals surface area contributed by atoms with Crippen molar-refractivity contribution in [3.63, 3.8) is 0 Å². The summed E-state index contributed by atoms with van der Waals surface area (Å²) in [5.41, 5.74) is -0.776. The third-order valence-corrected chi connectivity index (χ3v) is 4.87. The summed E-state index contributed by atoms with van der Waals surface area (Å²) in [6.07, 6.45) is 3.33. The van der Waals surface area contributed by atoms with Gasteiger partial charge in [-0.05, 0) is 39.5 Å². The fourth-order valence-corrected chi connectivity index (χ4v) is 3.39. The van der Waals surface area contributed by atoms with Gasteiger partial charge in [0.15, 0.2) is 5.78 Å². The van der Waals surface area contributed by atoms with E-state index in [0.29, 0.717) is 26.1 Å². The summed E-state index contributed by atoms with van der Waals surface area (Å²) in [5.74, 6) is 0.158. The first-order chi connectivity index (χ1) is 8.66. The summed E-state index contributed by atoms with van der Waals surface area (Å²) >= 11 is 0. The molecule has 1 unspecified atom stereocenters. The van der Waals surface area contributed by atoms with Crippen molar-refractivity contribution in [2.75, 3.05) is 26.0 Å².